The molecular formula is C24H26N6O3. The number of rotatable bonds is 3. The van der Waals surface area contributed by atoms with E-state index in [4.69, 9.17) is 14.2 Å². The zero-order chi connectivity index (χ0) is 22.4. The van der Waals surface area contributed by atoms with Gasteiger partial charge in [-0.25, -0.2) is 19.9 Å². The second-order valence-corrected chi connectivity index (χ2v) is 9.17. The van der Waals surface area contributed by atoms with Crippen molar-refractivity contribution in [2.45, 2.75) is 75.9 Å². The summed E-state index contributed by atoms with van der Waals surface area (Å²) in [7, 11) is 0. The molecule has 0 aromatic carbocycles. The molecule has 170 valence electrons. The Morgan fingerprint density at radius 3 is 2.73 bits per heavy atom. The second kappa shape index (κ2) is 8.06. The van der Waals surface area contributed by atoms with E-state index in [-0.39, 0.29) is 12.2 Å². The summed E-state index contributed by atoms with van der Waals surface area (Å²) in [6, 6.07) is 6.07. The van der Waals surface area contributed by atoms with Crippen LogP contribution < -0.4 is 5.32 Å². The topological polar surface area (TPSA) is 96.2 Å². The lowest BCUT2D eigenvalue weighted by molar-refractivity contribution is -0.190. The van der Waals surface area contributed by atoms with Crippen molar-refractivity contribution in [3.05, 3.63) is 42.7 Å². The van der Waals surface area contributed by atoms with Gasteiger partial charge in [-0.2, -0.15) is 0 Å². The lowest BCUT2D eigenvalue weighted by Crippen LogP contribution is -2.28. The number of aromatic nitrogens is 5. The van der Waals surface area contributed by atoms with Gasteiger partial charge in [-0.15, -0.1) is 0 Å². The molecule has 3 fully saturated rings. The van der Waals surface area contributed by atoms with E-state index >= 15 is 0 Å². The van der Waals surface area contributed by atoms with Gasteiger partial charge in [0.15, 0.2) is 29.0 Å². The molecule has 4 atom stereocenters. The molecule has 0 amide bonds. The molecule has 1 saturated carbocycles. The summed E-state index contributed by atoms with van der Waals surface area (Å²) in [5.41, 5.74) is 2.11. The van der Waals surface area contributed by atoms with E-state index in [1.54, 1.807) is 18.9 Å². The molecular weight excluding hydrogens is 420 g/mol. The standard InChI is InChI=1S/C24H26N6O3/c1-24(2)32-19-17(11-10-15-7-5-6-12-25-15)31-23(20(19)33-24)30-14-28-18-21(26-13-27-22(18)30)29-16-8-3-4-9-16/h5-7,12-14,16-17,19-20,23H,3-4,8-9H2,1-2H3,(H,26,27,29)/t17-,19-,20+,23-/m1/s1. The Kier molecular flexibility index (Phi) is 5.02. The van der Waals surface area contributed by atoms with Gasteiger partial charge in [-0.1, -0.05) is 24.8 Å². The van der Waals surface area contributed by atoms with Gasteiger partial charge >= 0.3 is 0 Å². The van der Waals surface area contributed by atoms with E-state index in [2.05, 4.69) is 37.1 Å². The van der Waals surface area contributed by atoms with Crippen molar-refractivity contribution in [2.75, 3.05) is 5.32 Å². The summed E-state index contributed by atoms with van der Waals surface area (Å²) >= 11 is 0. The minimum atomic E-state index is -0.733. The Morgan fingerprint density at radius 2 is 1.91 bits per heavy atom. The van der Waals surface area contributed by atoms with Crippen LogP contribution in [0.1, 0.15) is 51.5 Å². The number of nitrogens with zero attached hydrogens (tertiary/aromatic N) is 5. The summed E-state index contributed by atoms with van der Waals surface area (Å²) in [6.45, 7) is 3.81. The average molecular weight is 447 g/mol. The van der Waals surface area contributed by atoms with E-state index in [9.17, 15) is 0 Å². The van der Waals surface area contributed by atoms with Crippen LogP contribution in [0.2, 0.25) is 0 Å². The highest BCUT2D eigenvalue weighted by Crippen LogP contribution is 2.43. The van der Waals surface area contributed by atoms with Gasteiger partial charge in [0.05, 0.1) is 6.33 Å². The molecule has 0 unspecified atom stereocenters. The fraction of sp³-hybridized carbons (Fsp3) is 0.500. The van der Waals surface area contributed by atoms with Crippen LogP contribution in [0.3, 0.4) is 0 Å². The minimum absolute atomic E-state index is 0.336. The van der Waals surface area contributed by atoms with Crippen molar-refractivity contribution in [3.8, 4) is 11.8 Å². The largest absolute Gasteiger partial charge is 0.365 e. The lowest BCUT2D eigenvalue weighted by Gasteiger charge is -2.23. The highest BCUT2D eigenvalue weighted by molar-refractivity contribution is 5.82. The summed E-state index contributed by atoms with van der Waals surface area (Å²) in [6.07, 6.45) is 8.19. The Bertz CT molecular complexity index is 1210. The molecule has 3 aromatic rings. The van der Waals surface area contributed by atoms with Crippen LogP contribution >= 0.6 is 0 Å². The number of imidazole rings is 1. The molecule has 5 heterocycles. The fourth-order valence-electron chi connectivity index (χ4n) is 4.91. The highest BCUT2D eigenvalue weighted by Gasteiger charge is 2.56. The first-order valence-corrected chi connectivity index (χ1v) is 11.5. The molecule has 9 nitrogen and oxygen atoms in total. The molecule has 3 aliphatic rings. The molecule has 9 heteroatoms. The van der Waals surface area contributed by atoms with Crippen molar-refractivity contribution in [1.82, 2.24) is 24.5 Å². The fourth-order valence-corrected chi connectivity index (χ4v) is 4.91. The molecule has 1 N–H and O–H groups in total. The van der Waals surface area contributed by atoms with Gasteiger partial charge in [-0.3, -0.25) is 4.57 Å². The highest BCUT2D eigenvalue weighted by atomic mass is 16.8. The molecule has 3 aromatic heterocycles. The second-order valence-electron chi connectivity index (χ2n) is 9.17. The van der Waals surface area contributed by atoms with Crippen molar-refractivity contribution in [3.63, 3.8) is 0 Å². The van der Waals surface area contributed by atoms with Crippen LogP contribution in [0.4, 0.5) is 5.82 Å². The molecule has 33 heavy (non-hydrogen) atoms. The maximum atomic E-state index is 6.36. The molecule has 0 bridgehead atoms. The van der Waals surface area contributed by atoms with E-state index in [1.165, 1.54) is 12.8 Å². The Morgan fingerprint density at radius 1 is 1.06 bits per heavy atom. The van der Waals surface area contributed by atoms with Gasteiger partial charge in [0.25, 0.3) is 0 Å². The molecule has 2 saturated heterocycles. The molecule has 1 aliphatic carbocycles. The van der Waals surface area contributed by atoms with E-state index < -0.39 is 18.1 Å². The summed E-state index contributed by atoms with van der Waals surface area (Å²) in [5, 5.41) is 3.54. The number of fused-ring (bicyclic) bond motifs is 2. The van der Waals surface area contributed by atoms with Crippen LogP contribution in [0.25, 0.3) is 11.2 Å². The minimum Gasteiger partial charge on any atom is -0.365 e. The average Bonchev–Trinajstić information content (AvgIpc) is 3.58. The number of ether oxygens (including phenoxy) is 3. The maximum Gasteiger partial charge on any atom is 0.167 e. The van der Waals surface area contributed by atoms with Crippen molar-refractivity contribution < 1.29 is 14.2 Å². The van der Waals surface area contributed by atoms with Gasteiger partial charge in [0, 0.05) is 12.2 Å². The third-order valence-electron chi connectivity index (χ3n) is 6.37. The molecule has 6 rings (SSSR count). The first-order valence-electron chi connectivity index (χ1n) is 11.5. The summed E-state index contributed by atoms with van der Waals surface area (Å²) in [4.78, 5) is 17.9. The van der Waals surface area contributed by atoms with Crippen molar-refractivity contribution in [2.24, 2.45) is 0 Å². The van der Waals surface area contributed by atoms with E-state index in [0.29, 0.717) is 17.4 Å². The van der Waals surface area contributed by atoms with Crippen LogP contribution in [-0.4, -0.2) is 54.6 Å². The number of anilines is 1. The van der Waals surface area contributed by atoms with Crippen molar-refractivity contribution in [1.29, 1.82) is 0 Å². The zero-order valence-corrected chi connectivity index (χ0v) is 18.6. The Hall–Kier alpha value is -3.06. The maximum absolute atomic E-state index is 6.36. The monoisotopic (exact) mass is 446 g/mol. The first-order chi connectivity index (χ1) is 16.1. The van der Waals surface area contributed by atoms with Crippen LogP contribution in [-0.2, 0) is 14.2 Å². The van der Waals surface area contributed by atoms with Crippen LogP contribution in [0, 0.1) is 11.8 Å². The van der Waals surface area contributed by atoms with E-state index in [1.807, 2.05) is 36.6 Å². The summed E-state index contributed by atoms with van der Waals surface area (Å²) < 4.78 is 20.7. The SMILES string of the molecule is CC1(C)O[C@H]2[C@H](O1)[C@@H](C#Cc1ccccn1)O[C@H]2n1cnc2c(NC3CCCC3)ncnc21. The van der Waals surface area contributed by atoms with Gasteiger partial charge in [0.2, 0.25) is 0 Å². The van der Waals surface area contributed by atoms with Gasteiger partial charge < -0.3 is 19.5 Å². The van der Waals surface area contributed by atoms with Crippen LogP contribution in [0.15, 0.2) is 37.1 Å². The van der Waals surface area contributed by atoms with E-state index in [0.717, 1.165) is 24.2 Å². The molecule has 0 spiro atoms. The van der Waals surface area contributed by atoms with Gasteiger partial charge in [-0.05, 0) is 44.7 Å². The Balaban J connectivity index is 1.32. The first kappa shape index (κ1) is 20.5. The zero-order valence-electron chi connectivity index (χ0n) is 18.6. The predicted molar refractivity (Wildman–Crippen MR) is 120 cm³/mol. The smallest absolute Gasteiger partial charge is 0.167 e. The number of pyridine rings is 1. The van der Waals surface area contributed by atoms with Crippen LogP contribution in [0.5, 0.6) is 0 Å². The number of hydrogen-bond donors (Lipinski definition) is 1. The molecule has 2 aliphatic heterocycles. The van der Waals surface area contributed by atoms with Gasteiger partial charge in [0.1, 0.15) is 30.3 Å². The quantitative estimate of drug-likeness (QED) is 0.614. The number of nitrogens with one attached hydrogen (secondary N) is 1. The molecule has 0 radical (unpaired) electrons. The third-order valence-corrected chi connectivity index (χ3v) is 6.37. The normalized spacial score (nSPS) is 28.5. The van der Waals surface area contributed by atoms with Crippen molar-refractivity contribution >= 4 is 17.0 Å². The summed E-state index contributed by atoms with van der Waals surface area (Å²) in [5.74, 6) is 6.31. The lowest BCUT2D eigenvalue weighted by atomic mass is 10.1. The predicted octanol–water partition coefficient (Wildman–Crippen LogP) is 3.05. The third kappa shape index (κ3) is 3.84. The Labute approximate surface area is 191 Å². The number of hydrogen-bond acceptors (Lipinski definition) is 8.